The van der Waals surface area contributed by atoms with Gasteiger partial charge in [-0.15, -0.1) is 11.8 Å². The first-order chi connectivity index (χ1) is 8.54. The van der Waals surface area contributed by atoms with Crippen molar-refractivity contribution in [2.45, 2.75) is 38.1 Å². The van der Waals surface area contributed by atoms with Crippen molar-refractivity contribution < 1.29 is 4.79 Å². The lowest BCUT2D eigenvalue weighted by molar-refractivity contribution is -0.120. The second-order valence-corrected chi connectivity index (χ2v) is 5.56. The molecule has 4 heteroatoms. The van der Waals surface area contributed by atoms with Crippen molar-refractivity contribution in [1.82, 2.24) is 5.32 Å². The number of carbonyl (C=O) groups excluding carboxylic acids is 1. The lowest BCUT2D eigenvalue weighted by atomic mass is 10.2. The predicted octanol–water partition coefficient (Wildman–Crippen LogP) is 2.25. The largest absolute Gasteiger partial charge is 0.368 e. The van der Waals surface area contributed by atoms with E-state index in [2.05, 4.69) is 37.4 Å². The van der Waals surface area contributed by atoms with E-state index >= 15 is 0 Å². The summed E-state index contributed by atoms with van der Waals surface area (Å²) in [4.78, 5) is 12.5. The van der Waals surface area contributed by atoms with Crippen LogP contribution in [0.5, 0.6) is 0 Å². The van der Waals surface area contributed by atoms with Crippen molar-refractivity contribution in [2.24, 2.45) is 5.73 Å². The summed E-state index contributed by atoms with van der Waals surface area (Å²) in [5.41, 5.74) is 7.89. The number of benzene rings is 1. The van der Waals surface area contributed by atoms with Crippen molar-refractivity contribution in [2.75, 3.05) is 12.3 Å². The molecule has 1 atom stereocenters. The Kier molecular flexibility index (Phi) is 6.22. The van der Waals surface area contributed by atoms with Crippen molar-refractivity contribution >= 4 is 17.7 Å². The molecule has 0 fully saturated rings. The highest BCUT2D eigenvalue weighted by atomic mass is 32.2. The summed E-state index contributed by atoms with van der Waals surface area (Å²) in [6.07, 6.45) is 0.765. The number of thioether (sulfide) groups is 1. The number of hydrogen-bond acceptors (Lipinski definition) is 3. The number of likely N-dealkylation sites (N-methyl/N-ethyl adjacent to an activating group) is 1. The number of aryl methyl sites for hydroxylation is 2. The molecule has 0 saturated heterocycles. The molecule has 0 heterocycles. The zero-order valence-electron chi connectivity index (χ0n) is 11.3. The van der Waals surface area contributed by atoms with E-state index in [0.717, 1.165) is 18.7 Å². The molecule has 0 aliphatic heterocycles. The monoisotopic (exact) mass is 266 g/mol. The second kappa shape index (κ2) is 7.44. The van der Waals surface area contributed by atoms with Crippen LogP contribution in [-0.2, 0) is 4.79 Å². The van der Waals surface area contributed by atoms with Crippen LogP contribution in [0.2, 0.25) is 0 Å². The molecular formula is C14H22N2OS. The van der Waals surface area contributed by atoms with Gasteiger partial charge in [0.1, 0.15) is 0 Å². The smallest absolute Gasteiger partial charge is 0.234 e. The van der Waals surface area contributed by atoms with E-state index in [0.29, 0.717) is 0 Å². The van der Waals surface area contributed by atoms with Crippen molar-refractivity contribution in [3.8, 4) is 0 Å². The zero-order valence-corrected chi connectivity index (χ0v) is 12.1. The van der Waals surface area contributed by atoms with Gasteiger partial charge in [0.2, 0.25) is 5.91 Å². The first-order valence-electron chi connectivity index (χ1n) is 6.27. The van der Waals surface area contributed by atoms with Crippen molar-refractivity contribution in [3.63, 3.8) is 0 Å². The molecule has 18 heavy (non-hydrogen) atoms. The number of hydrogen-bond donors (Lipinski definition) is 2. The fourth-order valence-electron chi connectivity index (χ4n) is 1.74. The van der Waals surface area contributed by atoms with Gasteiger partial charge in [-0.05, 0) is 38.4 Å². The maximum Gasteiger partial charge on any atom is 0.234 e. The van der Waals surface area contributed by atoms with Gasteiger partial charge in [-0.3, -0.25) is 4.79 Å². The molecule has 1 rings (SSSR count). The van der Waals surface area contributed by atoms with E-state index in [1.54, 1.807) is 11.8 Å². The van der Waals surface area contributed by atoms with Crippen LogP contribution in [0.15, 0.2) is 23.1 Å². The van der Waals surface area contributed by atoms with E-state index < -0.39 is 0 Å². The number of rotatable bonds is 7. The lowest BCUT2D eigenvalue weighted by Crippen LogP contribution is -2.41. The Morgan fingerprint density at radius 3 is 2.78 bits per heavy atom. The van der Waals surface area contributed by atoms with Crippen LogP contribution in [0.1, 0.15) is 24.5 Å². The molecule has 1 aromatic carbocycles. The van der Waals surface area contributed by atoms with Gasteiger partial charge in [0.05, 0.1) is 6.04 Å². The normalized spacial score (nSPS) is 12.4. The minimum absolute atomic E-state index is 0.215. The molecule has 3 N–H and O–H groups in total. The molecule has 0 radical (unpaired) electrons. The first-order valence-corrected chi connectivity index (χ1v) is 7.26. The Labute approximate surface area is 114 Å². The van der Waals surface area contributed by atoms with Crippen LogP contribution in [-0.4, -0.2) is 24.2 Å². The van der Waals surface area contributed by atoms with Gasteiger partial charge < -0.3 is 11.1 Å². The molecule has 0 aliphatic carbocycles. The number of primary amides is 1. The van der Waals surface area contributed by atoms with Gasteiger partial charge in [0.25, 0.3) is 0 Å². The fourth-order valence-corrected chi connectivity index (χ4v) is 2.88. The second-order valence-electron chi connectivity index (χ2n) is 4.42. The van der Waals surface area contributed by atoms with Crippen LogP contribution < -0.4 is 11.1 Å². The molecule has 0 spiro atoms. The van der Waals surface area contributed by atoms with Crippen LogP contribution in [0.25, 0.3) is 0 Å². The topological polar surface area (TPSA) is 55.1 Å². The summed E-state index contributed by atoms with van der Waals surface area (Å²) >= 11 is 1.79. The van der Waals surface area contributed by atoms with Gasteiger partial charge in [-0.1, -0.05) is 24.6 Å². The predicted molar refractivity (Wildman–Crippen MR) is 77.9 cm³/mol. The Bertz CT molecular complexity index is 407. The van der Waals surface area contributed by atoms with Crippen LogP contribution in [0.3, 0.4) is 0 Å². The van der Waals surface area contributed by atoms with Crippen molar-refractivity contribution in [3.05, 3.63) is 29.3 Å². The summed E-state index contributed by atoms with van der Waals surface area (Å²) < 4.78 is 0. The Morgan fingerprint density at radius 2 is 2.17 bits per heavy atom. The third-order valence-electron chi connectivity index (χ3n) is 2.80. The summed E-state index contributed by atoms with van der Waals surface area (Å²) in [5.74, 6) is 0.628. The standard InChI is InChI=1S/C14H22N2OS/c1-4-16-12(14(15)17)7-8-18-13-9-10(2)5-6-11(13)3/h5-6,9,12,16H,4,7-8H2,1-3H3,(H2,15,17). The van der Waals surface area contributed by atoms with Gasteiger partial charge in [0.15, 0.2) is 0 Å². The average molecular weight is 266 g/mol. The van der Waals surface area contributed by atoms with Gasteiger partial charge in [-0.25, -0.2) is 0 Å². The van der Waals surface area contributed by atoms with Crippen molar-refractivity contribution in [1.29, 1.82) is 0 Å². The quantitative estimate of drug-likeness (QED) is 0.744. The minimum Gasteiger partial charge on any atom is -0.368 e. The summed E-state index contributed by atoms with van der Waals surface area (Å²) in [6.45, 7) is 6.95. The van der Waals surface area contributed by atoms with E-state index in [-0.39, 0.29) is 11.9 Å². The SMILES string of the molecule is CCNC(CCSc1cc(C)ccc1C)C(N)=O. The summed E-state index contributed by atoms with van der Waals surface area (Å²) in [5, 5.41) is 3.11. The minimum atomic E-state index is -0.265. The maximum atomic E-state index is 11.2. The number of nitrogens with two attached hydrogens (primary N) is 1. The molecule has 0 bridgehead atoms. The molecule has 1 aromatic rings. The third-order valence-corrected chi connectivity index (χ3v) is 3.99. The van der Waals surface area contributed by atoms with Crippen LogP contribution in [0, 0.1) is 13.8 Å². The highest BCUT2D eigenvalue weighted by Crippen LogP contribution is 2.24. The van der Waals surface area contributed by atoms with Gasteiger partial charge in [0, 0.05) is 10.6 Å². The third kappa shape index (κ3) is 4.70. The molecule has 1 unspecified atom stereocenters. The van der Waals surface area contributed by atoms with E-state index in [4.69, 9.17) is 5.73 Å². The fraction of sp³-hybridized carbons (Fsp3) is 0.500. The molecule has 0 saturated carbocycles. The molecule has 100 valence electrons. The Balaban J connectivity index is 2.49. The molecular weight excluding hydrogens is 244 g/mol. The van der Waals surface area contributed by atoms with E-state index in [1.807, 2.05) is 6.92 Å². The van der Waals surface area contributed by atoms with E-state index in [9.17, 15) is 4.79 Å². The van der Waals surface area contributed by atoms with Crippen LogP contribution >= 0.6 is 11.8 Å². The highest BCUT2D eigenvalue weighted by Gasteiger charge is 2.13. The number of nitrogens with one attached hydrogen (secondary N) is 1. The lowest BCUT2D eigenvalue weighted by Gasteiger charge is -2.14. The number of carbonyl (C=O) groups is 1. The van der Waals surface area contributed by atoms with Gasteiger partial charge >= 0.3 is 0 Å². The Morgan fingerprint density at radius 1 is 1.44 bits per heavy atom. The summed E-state index contributed by atoms with van der Waals surface area (Å²) in [6, 6.07) is 6.22. The molecule has 0 aromatic heterocycles. The Hall–Kier alpha value is -1.00. The number of amides is 1. The van der Waals surface area contributed by atoms with Crippen LogP contribution in [0.4, 0.5) is 0 Å². The first kappa shape index (κ1) is 15.1. The van der Waals surface area contributed by atoms with E-state index in [1.165, 1.54) is 16.0 Å². The zero-order chi connectivity index (χ0) is 13.5. The molecule has 1 amide bonds. The molecule has 3 nitrogen and oxygen atoms in total. The average Bonchev–Trinajstić information content (AvgIpc) is 2.32. The maximum absolute atomic E-state index is 11.2. The van der Waals surface area contributed by atoms with Gasteiger partial charge in [-0.2, -0.15) is 0 Å². The highest BCUT2D eigenvalue weighted by molar-refractivity contribution is 7.99. The summed E-state index contributed by atoms with van der Waals surface area (Å²) in [7, 11) is 0. The molecule has 0 aliphatic rings.